The lowest BCUT2D eigenvalue weighted by Gasteiger charge is -2.23. The Hall–Kier alpha value is -2.62. The number of carbonyl (C=O) groups is 2. The van der Waals surface area contributed by atoms with Gasteiger partial charge in [-0.25, -0.2) is 19.0 Å². The molecule has 0 saturated carbocycles. The van der Waals surface area contributed by atoms with Crippen molar-refractivity contribution >= 4 is 48.8 Å². The molecule has 11 nitrogen and oxygen atoms in total. The molecule has 2 aromatic carbocycles. The number of carbonyl (C=O) groups excluding carboxylic acids is 1. The van der Waals surface area contributed by atoms with Gasteiger partial charge in [0.15, 0.2) is 0 Å². The Morgan fingerprint density at radius 2 is 1.32 bits per heavy atom. The highest BCUT2D eigenvalue weighted by atomic mass is 35.5. The van der Waals surface area contributed by atoms with Crippen molar-refractivity contribution in [1.29, 1.82) is 0 Å². The first kappa shape index (κ1) is 33.6. The first-order chi connectivity index (χ1) is 18.3. The molecule has 1 amide bonds. The summed E-state index contributed by atoms with van der Waals surface area (Å²) >= 11 is 5.36. The van der Waals surface area contributed by atoms with Gasteiger partial charge in [-0.2, -0.15) is 4.53 Å². The second-order valence-corrected chi connectivity index (χ2v) is 11.3. The van der Waals surface area contributed by atoms with Crippen LogP contribution in [-0.4, -0.2) is 56.9 Å². The predicted molar refractivity (Wildman–Crippen MR) is 147 cm³/mol. The van der Waals surface area contributed by atoms with Crippen LogP contribution in [0.3, 0.4) is 0 Å². The molecule has 0 aromatic heterocycles. The van der Waals surface area contributed by atoms with Crippen LogP contribution in [0.1, 0.15) is 73.4 Å². The number of rotatable bonds is 3. The van der Waals surface area contributed by atoms with E-state index in [1.165, 1.54) is 18.2 Å². The number of nitrogens with two attached hydrogens (primary N) is 1. The summed E-state index contributed by atoms with van der Waals surface area (Å²) in [5.41, 5.74) is 5.34. The molecule has 2 aliphatic rings. The molecule has 218 valence electrons. The van der Waals surface area contributed by atoms with Gasteiger partial charge in [0.05, 0.1) is 24.3 Å². The van der Waals surface area contributed by atoms with Crippen LogP contribution in [0.2, 0.25) is 0 Å². The van der Waals surface area contributed by atoms with E-state index in [1.54, 1.807) is 0 Å². The highest BCUT2D eigenvalue weighted by Crippen LogP contribution is 2.18. The summed E-state index contributed by atoms with van der Waals surface area (Å²) < 4.78 is 38.4. The highest BCUT2D eigenvalue weighted by Gasteiger charge is 2.33. The van der Waals surface area contributed by atoms with E-state index >= 15 is 0 Å². The number of nitrogens with zero attached hydrogens (tertiary/aromatic N) is 1. The first-order valence-corrected chi connectivity index (χ1v) is 12.4. The molecule has 16 heteroatoms. The van der Waals surface area contributed by atoms with Gasteiger partial charge in [-0.3, -0.25) is 16.1 Å². The van der Waals surface area contributed by atoms with Crippen LogP contribution < -0.4 is 27.6 Å². The van der Waals surface area contributed by atoms with Gasteiger partial charge in [0.25, 0.3) is 5.91 Å². The van der Waals surface area contributed by atoms with Gasteiger partial charge in [0.2, 0.25) is 0 Å². The van der Waals surface area contributed by atoms with Crippen molar-refractivity contribution in [1.82, 2.24) is 15.4 Å². The van der Waals surface area contributed by atoms with Gasteiger partial charge < -0.3 is 24.5 Å². The molecule has 0 atom stereocenters. The zero-order valence-electron chi connectivity index (χ0n) is 23.0. The average Bonchev–Trinajstić information content (AvgIpc) is 3.41. The summed E-state index contributed by atoms with van der Waals surface area (Å²) in [6.07, 6.45) is 0. The lowest BCUT2D eigenvalue weighted by atomic mass is 9.79. The van der Waals surface area contributed by atoms with Crippen LogP contribution in [0, 0.1) is 11.6 Å². The molecule has 40 heavy (non-hydrogen) atoms. The number of halogens is 3. The van der Waals surface area contributed by atoms with Crippen molar-refractivity contribution in [3.8, 4) is 0 Å². The van der Waals surface area contributed by atoms with Crippen molar-refractivity contribution < 1.29 is 42.8 Å². The number of aromatic carboxylic acids is 1. The second-order valence-electron chi connectivity index (χ2n) is 10.9. The van der Waals surface area contributed by atoms with Gasteiger partial charge in [0.1, 0.15) is 11.6 Å². The Kier molecular flexibility index (Phi) is 11.2. The van der Waals surface area contributed by atoms with Crippen LogP contribution in [0.25, 0.3) is 0 Å². The van der Waals surface area contributed by atoms with E-state index in [0.29, 0.717) is 10.9 Å². The zero-order valence-corrected chi connectivity index (χ0v) is 23.8. The molecular formula is C24H33B2ClF2N4O7. The fraction of sp³-hybridized carbons (Fsp3) is 0.417. The number of carboxylic acids is 1. The lowest BCUT2D eigenvalue weighted by molar-refractivity contribution is 0.0691. The molecule has 2 aliphatic heterocycles. The molecule has 0 saturated heterocycles. The molecule has 0 spiro atoms. The molecule has 4 rings (SSSR count). The lowest BCUT2D eigenvalue weighted by Crippen LogP contribution is -2.49. The summed E-state index contributed by atoms with van der Waals surface area (Å²) in [7, 11) is -2.27. The Morgan fingerprint density at radius 3 is 1.70 bits per heavy atom. The van der Waals surface area contributed by atoms with Gasteiger partial charge in [-0.05, 0) is 76.4 Å². The third-order valence-electron chi connectivity index (χ3n) is 5.53. The van der Waals surface area contributed by atoms with E-state index in [-0.39, 0.29) is 41.0 Å². The molecule has 0 aliphatic carbocycles. The maximum absolute atomic E-state index is 14.1. The third kappa shape index (κ3) is 8.69. The third-order valence-corrected chi connectivity index (χ3v) is 6.04. The molecule has 2 heterocycles. The number of fused-ring (bicyclic) bond motifs is 2. The van der Waals surface area contributed by atoms with Crippen LogP contribution in [-0.2, 0) is 22.5 Å². The summed E-state index contributed by atoms with van der Waals surface area (Å²) in [6, 6.07) is 5.32. The Balaban J connectivity index is 0.000000234. The Labute approximate surface area is 236 Å². The fourth-order valence-electron chi connectivity index (χ4n) is 3.18. The standard InChI is InChI=1S/C12H16BFN2O3.C8H6BFO4.C4H11ClN2/c1-12(2,3)16-15-11(17)7-4-5-9-8(10(7)14)6-19-13(9)18;10-7-4(8(11)12)1-2-6-5(7)3-14-9(6)13;1-4(2,3)7(5)6/h4-5,16,18H,6H2,1-3H3,(H,15,17);1-2,13H,3H2,(H,11,12);6H2,1-3H3. The quantitative estimate of drug-likeness (QED) is 0.132. The van der Waals surface area contributed by atoms with Gasteiger partial charge >= 0.3 is 20.2 Å². The Bertz CT molecular complexity index is 1240. The van der Waals surface area contributed by atoms with E-state index < -0.39 is 43.3 Å². The minimum absolute atomic E-state index is 0.0316. The van der Waals surface area contributed by atoms with Crippen LogP contribution >= 0.6 is 11.8 Å². The minimum atomic E-state index is -1.33. The van der Waals surface area contributed by atoms with E-state index in [2.05, 4.69) is 10.9 Å². The first-order valence-electron chi connectivity index (χ1n) is 12.1. The number of hydrogen-bond donors (Lipinski definition) is 6. The van der Waals surface area contributed by atoms with Gasteiger partial charge in [0, 0.05) is 22.2 Å². The van der Waals surface area contributed by atoms with E-state index in [1.807, 2.05) is 41.5 Å². The normalized spacial score (nSPS) is 14.1. The number of nitrogens with one attached hydrogen (secondary N) is 2. The molecule has 0 unspecified atom stereocenters. The number of amides is 1. The topological polar surface area (TPSA) is 167 Å². The van der Waals surface area contributed by atoms with Crippen molar-refractivity contribution in [2.75, 3.05) is 0 Å². The molecule has 7 N–H and O–H groups in total. The molecular weight excluding hydrogens is 551 g/mol. The van der Waals surface area contributed by atoms with E-state index in [9.17, 15) is 28.4 Å². The molecule has 0 bridgehead atoms. The summed E-state index contributed by atoms with van der Waals surface area (Å²) in [6.45, 7) is 11.3. The number of carboxylic acid groups (broad SMARTS) is 1. The maximum atomic E-state index is 14.1. The largest absolute Gasteiger partial charge is 0.491 e. The van der Waals surface area contributed by atoms with Crippen molar-refractivity contribution in [2.45, 2.75) is 65.8 Å². The van der Waals surface area contributed by atoms with Crippen LogP contribution in [0.15, 0.2) is 24.3 Å². The monoisotopic (exact) mass is 584 g/mol. The molecule has 0 fully saturated rings. The van der Waals surface area contributed by atoms with Crippen LogP contribution in [0.4, 0.5) is 8.78 Å². The number of hydrazine groups is 2. The Morgan fingerprint density at radius 1 is 0.925 bits per heavy atom. The zero-order chi connectivity index (χ0) is 30.6. The average molecular weight is 585 g/mol. The summed E-state index contributed by atoms with van der Waals surface area (Å²) in [5.74, 6) is 1.80. The SMILES string of the molecule is CC(C)(C)N(N)Cl.CC(C)(C)NNC(=O)c1ccc2c(c1F)COB2O.O=C(O)c1ccc2c(c1F)COB2O. The van der Waals surface area contributed by atoms with Crippen LogP contribution in [0.5, 0.6) is 0 Å². The van der Waals surface area contributed by atoms with Crippen molar-refractivity contribution in [3.05, 3.63) is 58.2 Å². The van der Waals surface area contributed by atoms with Crippen molar-refractivity contribution in [3.63, 3.8) is 0 Å². The van der Waals surface area contributed by atoms with E-state index in [4.69, 9.17) is 32.0 Å². The van der Waals surface area contributed by atoms with Crippen molar-refractivity contribution in [2.24, 2.45) is 5.84 Å². The second kappa shape index (κ2) is 13.4. The summed E-state index contributed by atoms with van der Waals surface area (Å²) in [5, 5.41) is 27.3. The molecule has 2 aromatic rings. The highest BCUT2D eigenvalue weighted by molar-refractivity contribution is 6.62. The predicted octanol–water partition coefficient (Wildman–Crippen LogP) is 0.932. The smallest absolute Gasteiger partial charge is 0.478 e. The summed E-state index contributed by atoms with van der Waals surface area (Å²) in [4.78, 5) is 22.4. The number of hydrogen-bond acceptors (Lipinski definition) is 9. The minimum Gasteiger partial charge on any atom is -0.478 e. The van der Waals surface area contributed by atoms with Gasteiger partial charge in [-0.15, -0.1) is 0 Å². The molecule has 0 radical (unpaired) electrons. The van der Waals surface area contributed by atoms with E-state index in [0.717, 1.165) is 10.6 Å². The maximum Gasteiger partial charge on any atom is 0.491 e. The van der Waals surface area contributed by atoms with Gasteiger partial charge in [-0.1, -0.05) is 12.1 Å². The number of benzene rings is 2. The fourth-order valence-corrected chi connectivity index (χ4v) is 3.18.